The fourth-order valence-corrected chi connectivity index (χ4v) is 2.45. The minimum Gasteiger partial charge on any atom is -0.482 e. The molecule has 6 nitrogen and oxygen atoms in total. The molecular weight excluding hydrogens is 294 g/mol. The molecule has 0 aromatic heterocycles. The molecule has 0 aliphatic carbocycles. The van der Waals surface area contributed by atoms with Gasteiger partial charge in [-0.2, -0.15) is 0 Å². The SMILES string of the molecule is Cl.O=C1COc2ccc(C(=O)N3CCCNCC3)cc2N1. The third-order valence-corrected chi connectivity index (χ3v) is 3.49. The normalized spacial score (nSPS) is 17.7. The van der Waals surface area contributed by atoms with Crippen molar-refractivity contribution in [1.82, 2.24) is 10.2 Å². The van der Waals surface area contributed by atoms with Gasteiger partial charge in [0.25, 0.3) is 11.8 Å². The number of benzene rings is 1. The molecule has 2 aliphatic rings. The topological polar surface area (TPSA) is 70.7 Å². The highest BCUT2D eigenvalue weighted by Crippen LogP contribution is 2.28. The molecule has 0 saturated carbocycles. The lowest BCUT2D eigenvalue weighted by atomic mass is 10.1. The highest BCUT2D eigenvalue weighted by atomic mass is 35.5. The summed E-state index contributed by atoms with van der Waals surface area (Å²) in [6.45, 7) is 3.25. The Balaban J connectivity index is 0.00000161. The van der Waals surface area contributed by atoms with Crippen LogP contribution in [0, 0.1) is 0 Å². The van der Waals surface area contributed by atoms with E-state index in [-0.39, 0.29) is 30.8 Å². The van der Waals surface area contributed by atoms with Crippen molar-refractivity contribution in [1.29, 1.82) is 0 Å². The molecule has 7 heteroatoms. The zero-order valence-electron chi connectivity index (χ0n) is 11.6. The Labute approximate surface area is 129 Å². The number of fused-ring (bicyclic) bond motifs is 1. The van der Waals surface area contributed by atoms with Gasteiger partial charge >= 0.3 is 0 Å². The summed E-state index contributed by atoms with van der Waals surface area (Å²) in [6, 6.07) is 5.17. The minimum atomic E-state index is -0.193. The van der Waals surface area contributed by atoms with Crippen LogP contribution in [0.5, 0.6) is 5.75 Å². The predicted molar refractivity (Wildman–Crippen MR) is 81.2 cm³/mol. The van der Waals surface area contributed by atoms with Crippen LogP contribution in [0.25, 0.3) is 0 Å². The van der Waals surface area contributed by atoms with Crippen molar-refractivity contribution in [3.05, 3.63) is 23.8 Å². The van der Waals surface area contributed by atoms with E-state index in [9.17, 15) is 9.59 Å². The molecule has 1 fully saturated rings. The monoisotopic (exact) mass is 311 g/mol. The number of hydrogen-bond acceptors (Lipinski definition) is 4. The molecule has 2 amide bonds. The van der Waals surface area contributed by atoms with Gasteiger partial charge < -0.3 is 20.3 Å². The number of nitrogens with zero attached hydrogens (tertiary/aromatic N) is 1. The number of amides is 2. The summed E-state index contributed by atoms with van der Waals surface area (Å²) in [5.41, 5.74) is 1.15. The Bertz CT molecular complexity index is 542. The maximum atomic E-state index is 12.5. The molecular formula is C14H18ClN3O3. The second kappa shape index (κ2) is 6.78. The Morgan fingerprint density at radius 3 is 2.95 bits per heavy atom. The van der Waals surface area contributed by atoms with Crippen LogP contribution < -0.4 is 15.4 Å². The lowest BCUT2D eigenvalue weighted by molar-refractivity contribution is -0.118. The van der Waals surface area contributed by atoms with E-state index in [1.54, 1.807) is 18.2 Å². The molecule has 1 saturated heterocycles. The van der Waals surface area contributed by atoms with Gasteiger partial charge in [-0.3, -0.25) is 9.59 Å². The number of rotatable bonds is 1. The first-order chi connectivity index (χ1) is 9.74. The number of hydrogen-bond donors (Lipinski definition) is 2. The quantitative estimate of drug-likeness (QED) is 0.807. The summed E-state index contributed by atoms with van der Waals surface area (Å²) >= 11 is 0. The molecule has 2 aliphatic heterocycles. The van der Waals surface area contributed by atoms with E-state index in [1.807, 2.05) is 4.90 Å². The number of anilines is 1. The van der Waals surface area contributed by atoms with Crippen molar-refractivity contribution in [2.75, 3.05) is 38.1 Å². The average molecular weight is 312 g/mol. The van der Waals surface area contributed by atoms with E-state index < -0.39 is 0 Å². The van der Waals surface area contributed by atoms with E-state index in [4.69, 9.17) is 4.74 Å². The first-order valence-electron chi connectivity index (χ1n) is 6.81. The van der Waals surface area contributed by atoms with Gasteiger partial charge in [-0.05, 0) is 31.2 Å². The Kier molecular flexibility index (Phi) is 5.03. The van der Waals surface area contributed by atoms with Crippen molar-refractivity contribution >= 4 is 29.9 Å². The molecule has 1 aromatic carbocycles. The van der Waals surface area contributed by atoms with Crippen molar-refractivity contribution in [2.45, 2.75) is 6.42 Å². The van der Waals surface area contributed by atoms with Crippen LogP contribution in [0.1, 0.15) is 16.8 Å². The molecule has 0 unspecified atom stereocenters. The maximum Gasteiger partial charge on any atom is 0.262 e. The van der Waals surface area contributed by atoms with Crippen LogP contribution >= 0.6 is 12.4 Å². The van der Waals surface area contributed by atoms with Gasteiger partial charge in [0.1, 0.15) is 5.75 Å². The lowest BCUT2D eigenvalue weighted by Gasteiger charge is -2.22. The molecule has 2 heterocycles. The molecule has 1 aromatic rings. The fraction of sp³-hybridized carbons (Fsp3) is 0.429. The summed E-state index contributed by atoms with van der Waals surface area (Å²) in [7, 11) is 0. The van der Waals surface area contributed by atoms with Crippen LogP contribution in [-0.4, -0.2) is 49.5 Å². The first kappa shape index (κ1) is 15.6. The van der Waals surface area contributed by atoms with Gasteiger partial charge in [0.2, 0.25) is 0 Å². The van der Waals surface area contributed by atoms with E-state index >= 15 is 0 Å². The fourth-order valence-electron chi connectivity index (χ4n) is 2.45. The summed E-state index contributed by atoms with van der Waals surface area (Å²) in [4.78, 5) is 25.6. The van der Waals surface area contributed by atoms with E-state index in [0.29, 0.717) is 23.5 Å². The number of halogens is 1. The molecule has 3 rings (SSSR count). The van der Waals surface area contributed by atoms with E-state index in [1.165, 1.54) is 0 Å². The van der Waals surface area contributed by atoms with Gasteiger partial charge in [-0.15, -0.1) is 12.4 Å². The van der Waals surface area contributed by atoms with Crippen LogP contribution in [0.2, 0.25) is 0 Å². The van der Waals surface area contributed by atoms with Crippen LogP contribution in [0.4, 0.5) is 5.69 Å². The zero-order valence-corrected chi connectivity index (χ0v) is 12.4. The zero-order chi connectivity index (χ0) is 13.9. The van der Waals surface area contributed by atoms with Gasteiger partial charge in [0, 0.05) is 25.2 Å². The van der Waals surface area contributed by atoms with E-state index in [2.05, 4.69) is 10.6 Å². The van der Waals surface area contributed by atoms with Gasteiger partial charge in [0.05, 0.1) is 5.69 Å². The second-order valence-corrected chi connectivity index (χ2v) is 4.94. The molecule has 0 spiro atoms. The standard InChI is InChI=1S/C14H17N3O3.ClH/c18-13-9-20-12-3-2-10(8-11(12)16-13)14(19)17-6-1-4-15-5-7-17;/h2-3,8,15H,1,4-7,9H2,(H,16,18);1H. The van der Waals surface area contributed by atoms with Crippen molar-refractivity contribution < 1.29 is 14.3 Å². The van der Waals surface area contributed by atoms with Crippen molar-refractivity contribution in [3.63, 3.8) is 0 Å². The Morgan fingerprint density at radius 2 is 2.10 bits per heavy atom. The van der Waals surface area contributed by atoms with Gasteiger partial charge in [0.15, 0.2) is 6.61 Å². The number of carbonyl (C=O) groups excluding carboxylic acids is 2. The smallest absolute Gasteiger partial charge is 0.262 e. The third-order valence-electron chi connectivity index (χ3n) is 3.49. The number of ether oxygens (including phenoxy) is 1. The highest BCUT2D eigenvalue weighted by molar-refractivity contribution is 5.99. The molecule has 21 heavy (non-hydrogen) atoms. The molecule has 0 atom stereocenters. The largest absolute Gasteiger partial charge is 0.482 e. The number of nitrogens with one attached hydrogen (secondary N) is 2. The highest BCUT2D eigenvalue weighted by Gasteiger charge is 2.21. The molecule has 2 N–H and O–H groups in total. The Morgan fingerprint density at radius 1 is 1.24 bits per heavy atom. The summed E-state index contributed by atoms with van der Waals surface area (Å²) in [5.74, 6) is 0.413. The minimum absolute atomic E-state index is 0. The molecule has 0 radical (unpaired) electrons. The molecule has 114 valence electrons. The van der Waals surface area contributed by atoms with E-state index in [0.717, 1.165) is 26.1 Å². The predicted octanol–water partition coefficient (Wildman–Crippen LogP) is 0.875. The maximum absolute atomic E-state index is 12.5. The van der Waals surface area contributed by atoms with Crippen LogP contribution in [0.15, 0.2) is 18.2 Å². The van der Waals surface area contributed by atoms with Crippen LogP contribution in [0.3, 0.4) is 0 Å². The van der Waals surface area contributed by atoms with Gasteiger partial charge in [-0.1, -0.05) is 0 Å². The Hall–Kier alpha value is -1.79. The third kappa shape index (κ3) is 3.46. The average Bonchev–Trinajstić information content (AvgIpc) is 2.74. The lowest BCUT2D eigenvalue weighted by Crippen LogP contribution is -2.34. The number of carbonyl (C=O) groups is 2. The van der Waals surface area contributed by atoms with Crippen LogP contribution in [-0.2, 0) is 4.79 Å². The summed E-state index contributed by atoms with van der Waals surface area (Å²) in [6.07, 6.45) is 0.955. The van der Waals surface area contributed by atoms with Gasteiger partial charge in [-0.25, -0.2) is 0 Å². The summed E-state index contributed by atoms with van der Waals surface area (Å²) < 4.78 is 5.29. The van der Waals surface area contributed by atoms with Crippen molar-refractivity contribution in [3.8, 4) is 5.75 Å². The second-order valence-electron chi connectivity index (χ2n) is 4.94. The molecule has 0 bridgehead atoms. The summed E-state index contributed by atoms with van der Waals surface area (Å²) in [5, 5.41) is 5.99. The first-order valence-corrected chi connectivity index (χ1v) is 6.81. The van der Waals surface area contributed by atoms with Crippen molar-refractivity contribution in [2.24, 2.45) is 0 Å².